The highest BCUT2D eigenvalue weighted by Crippen LogP contribution is 2.25. The van der Waals surface area contributed by atoms with E-state index in [2.05, 4.69) is 15.3 Å². The normalized spacial score (nSPS) is 10.7. The third-order valence-corrected chi connectivity index (χ3v) is 3.50. The van der Waals surface area contributed by atoms with Crippen LogP contribution in [0.15, 0.2) is 41.2 Å². The zero-order chi connectivity index (χ0) is 16.6. The maximum absolute atomic E-state index is 12.2. The van der Waals surface area contributed by atoms with Gasteiger partial charge in [0.15, 0.2) is 0 Å². The van der Waals surface area contributed by atoms with Crippen LogP contribution < -0.4 is 11.0 Å². The van der Waals surface area contributed by atoms with Crippen molar-refractivity contribution in [1.29, 1.82) is 0 Å². The van der Waals surface area contributed by atoms with E-state index < -0.39 is 10.8 Å². The zero-order valence-electron chi connectivity index (χ0n) is 11.4. The van der Waals surface area contributed by atoms with Gasteiger partial charge in [-0.2, -0.15) is 0 Å². The lowest BCUT2D eigenvalue weighted by Gasteiger charge is -2.06. The van der Waals surface area contributed by atoms with Gasteiger partial charge in [-0.3, -0.25) is 14.9 Å². The lowest BCUT2D eigenvalue weighted by atomic mass is 10.2. The maximum atomic E-state index is 12.2. The van der Waals surface area contributed by atoms with E-state index in [1.807, 2.05) is 0 Å². The SMILES string of the molecule is O=C(Nc1ccc2[nH]c(=O)[nH]c2c1)c1ccc(Cl)c([N+](=O)[O-])c1. The van der Waals surface area contributed by atoms with Gasteiger partial charge in [0.2, 0.25) is 0 Å². The number of amides is 1. The molecule has 0 saturated heterocycles. The Morgan fingerprint density at radius 3 is 2.61 bits per heavy atom. The van der Waals surface area contributed by atoms with Gasteiger partial charge in [-0.1, -0.05) is 11.6 Å². The van der Waals surface area contributed by atoms with Crippen molar-refractivity contribution < 1.29 is 9.72 Å². The van der Waals surface area contributed by atoms with E-state index in [0.717, 1.165) is 6.07 Å². The first-order chi connectivity index (χ1) is 10.9. The highest BCUT2D eigenvalue weighted by Gasteiger charge is 2.16. The van der Waals surface area contributed by atoms with Gasteiger partial charge in [0.05, 0.1) is 16.0 Å². The fourth-order valence-corrected chi connectivity index (χ4v) is 2.29. The smallest absolute Gasteiger partial charge is 0.322 e. The first-order valence-corrected chi connectivity index (χ1v) is 6.79. The van der Waals surface area contributed by atoms with Crippen LogP contribution in [0, 0.1) is 10.1 Å². The van der Waals surface area contributed by atoms with Gasteiger partial charge in [-0.25, -0.2) is 4.79 Å². The number of nitrogens with one attached hydrogen (secondary N) is 3. The van der Waals surface area contributed by atoms with Gasteiger partial charge in [-0.15, -0.1) is 0 Å². The van der Waals surface area contributed by atoms with Crippen molar-refractivity contribution in [3.8, 4) is 0 Å². The molecule has 0 fully saturated rings. The quantitative estimate of drug-likeness (QED) is 0.504. The highest BCUT2D eigenvalue weighted by molar-refractivity contribution is 6.32. The molecular formula is C14H9ClN4O4. The first-order valence-electron chi connectivity index (χ1n) is 6.41. The van der Waals surface area contributed by atoms with Crippen molar-refractivity contribution in [2.24, 2.45) is 0 Å². The Bertz CT molecular complexity index is 992. The fraction of sp³-hybridized carbons (Fsp3) is 0. The van der Waals surface area contributed by atoms with E-state index >= 15 is 0 Å². The number of nitro benzene ring substituents is 1. The molecule has 0 aliphatic carbocycles. The van der Waals surface area contributed by atoms with Crippen molar-refractivity contribution >= 4 is 39.9 Å². The van der Waals surface area contributed by atoms with Crippen LogP contribution in [0.4, 0.5) is 11.4 Å². The molecule has 2 aromatic carbocycles. The van der Waals surface area contributed by atoms with E-state index in [1.165, 1.54) is 12.1 Å². The second-order valence-corrected chi connectivity index (χ2v) is 5.12. The summed E-state index contributed by atoms with van der Waals surface area (Å²) in [5.41, 5.74) is 0.991. The van der Waals surface area contributed by atoms with E-state index in [1.54, 1.807) is 18.2 Å². The monoisotopic (exact) mass is 332 g/mol. The van der Waals surface area contributed by atoms with Crippen LogP contribution in [0.1, 0.15) is 10.4 Å². The number of halogens is 1. The summed E-state index contributed by atoms with van der Waals surface area (Å²) in [6, 6.07) is 8.61. The summed E-state index contributed by atoms with van der Waals surface area (Å²) < 4.78 is 0. The van der Waals surface area contributed by atoms with E-state index in [-0.39, 0.29) is 22.0 Å². The molecule has 1 heterocycles. The van der Waals surface area contributed by atoms with E-state index in [9.17, 15) is 19.7 Å². The number of rotatable bonds is 3. The number of anilines is 1. The molecule has 116 valence electrons. The summed E-state index contributed by atoms with van der Waals surface area (Å²) in [4.78, 5) is 38.7. The van der Waals surface area contributed by atoms with E-state index in [4.69, 9.17) is 11.6 Å². The van der Waals surface area contributed by atoms with Gasteiger partial charge in [0.1, 0.15) is 5.02 Å². The zero-order valence-corrected chi connectivity index (χ0v) is 12.2. The average molecular weight is 333 g/mol. The molecule has 0 unspecified atom stereocenters. The van der Waals surface area contributed by atoms with Gasteiger partial charge >= 0.3 is 5.69 Å². The van der Waals surface area contributed by atoms with Crippen molar-refractivity contribution in [1.82, 2.24) is 9.97 Å². The molecule has 0 atom stereocenters. The number of nitrogens with zero attached hydrogens (tertiary/aromatic N) is 1. The van der Waals surface area contributed by atoms with Crippen LogP contribution in [0.2, 0.25) is 5.02 Å². The summed E-state index contributed by atoms with van der Waals surface area (Å²) >= 11 is 5.71. The summed E-state index contributed by atoms with van der Waals surface area (Å²) in [6.45, 7) is 0. The van der Waals surface area contributed by atoms with Crippen molar-refractivity contribution in [2.45, 2.75) is 0 Å². The van der Waals surface area contributed by atoms with Gasteiger partial charge in [0.25, 0.3) is 11.6 Å². The first kappa shape index (κ1) is 14.8. The lowest BCUT2D eigenvalue weighted by Crippen LogP contribution is -2.12. The van der Waals surface area contributed by atoms with E-state index in [0.29, 0.717) is 16.7 Å². The van der Waals surface area contributed by atoms with Crippen LogP contribution in [-0.2, 0) is 0 Å². The summed E-state index contributed by atoms with van der Waals surface area (Å²) in [6.07, 6.45) is 0. The number of H-pyrrole nitrogens is 2. The molecule has 0 aliphatic rings. The second-order valence-electron chi connectivity index (χ2n) is 4.72. The predicted molar refractivity (Wildman–Crippen MR) is 85.0 cm³/mol. The largest absolute Gasteiger partial charge is 0.323 e. The average Bonchev–Trinajstić information content (AvgIpc) is 2.86. The van der Waals surface area contributed by atoms with Crippen LogP contribution in [0.3, 0.4) is 0 Å². The van der Waals surface area contributed by atoms with Crippen molar-refractivity contribution in [3.05, 3.63) is 67.6 Å². The minimum atomic E-state index is -0.657. The highest BCUT2D eigenvalue weighted by atomic mass is 35.5. The molecule has 1 amide bonds. The molecule has 8 nitrogen and oxygen atoms in total. The van der Waals surface area contributed by atoms with Crippen LogP contribution in [-0.4, -0.2) is 20.8 Å². The third-order valence-electron chi connectivity index (χ3n) is 3.18. The molecule has 1 aromatic heterocycles. The van der Waals surface area contributed by atoms with Crippen LogP contribution in [0.25, 0.3) is 11.0 Å². The van der Waals surface area contributed by atoms with Crippen molar-refractivity contribution in [3.63, 3.8) is 0 Å². The number of benzene rings is 2. The number of imidazole rings is 1. The van der Waals surface area contributed by atoms with Gasteiger partial charge in [0, 0.05) is 17.3 Å². The Kier molecular flexibility index (Phi) is 3.59. The molecule has 9 heteroatoms. The van der Waals surface area contributed by atoms with Gasteiger partial charge < -0.3 is 15.3 Å². The maximum Gasteiger partial charge on any atom is 0.323 e. The Morgan fingerprint density at radius 1 is 1.13 bits per heavy atom. The Morgan fingerprint density at radius 2 is 1.87 bits per heavy atom. The molecule has 3 aromatic rings. The number of fused-ring (bicyclic) bond motifs is 1. The number of aromatic amines is 2. The predicted octanol–water partition coefficient (Wildman–Crippen LogP) is 2.67. The molecule has 0 aliphatic heterocycles. The Labute approximate surface area is 133 Å². The molecule has 0 saturated carbocycles. The summed E-state index contributed by atoms with van der Waals surface area (Å²) in [5.74, 6) is -0.526. The Balaban J connectivity index is 1.89. The summed E-state index contributed by atoms with van der Waals surface area (Å²) in [7, 11) is 0. The number of nitro groups is 1. The molecule has 23 heavy (non-hydrogen) atoms. The van der Waals surface area contributed by atoms with Crippen molar-refractivity contribution in [2.75, 3.05) is 5.32 Å². The van der Waals surface area contributed by atoms with Gasteiger partial charge in [-0.05, 0) is 30.3 Å². The number of carbonyl (C=O) groups excluding carboxylic acids is 1. The molecule has 0 radical (unpaired) electrons. The lowest BCUT2D eigenvalue weighted by molar-refractivity contribution is -0.384. The topological polar surface area (TPSA) is 121 Å². The third kappa shape index (κ3) is 2.92. The number of aromatic nitrogens is 2. The number of carbonyl (C=O) groups is 1. The standard InChI is InChI=1S/C14H9ClN4O4/c15-9-3-1-7(5-12(9)19(22)23)13(20)16-8-2-4-10-11(6-8)18-14(21)17-10/h1-6H,(H,16,20)(H2,17,18,21). The molecular weight excluding hydrogens is 324 g/mol. The summed E-state index contributed by atoms with van der Waals surface area (Å²) in [5, 5.41) is 13.4. The molecule has 0 bridgehead atoms. The van der Waals surface area contributed by atoms with Crippen LogP contribution >= 0.6 is 11.6 Å². The molecule has 0 spiro atoms. The minimum Gasteiger partial charge on any atom is -0.322 e. The Hall–Kier alpha value is -3.13. The van der Waals surface area contributed by atoms with Crippen LogP contribution in [0.5, 0.6) is 0 Å². The fourth-order valence-electron chi connectivity index (χ4n) is 2.11. The number of hydrogen-bond donors (Lipinski definition) is 3. The molecule has 3 N–H and O–H groups in total. The second kappa shape index (κ2) is 5.58. The number of hydrogen-bond acceptors (Lipinski definition) is 4. The molecule has 3 rings (SSSR count). The minimum absolute atomic E-state index is 0.0436.